The molecule has 4 nitrogen and oxygen atoms in total. The maximum Gasteiger partial charge on any atom is 4.00 e. The van der Waals surface area contributed by atoms with Crippen LogP contribution in [0, 0.1) is 41.5 Å². The van der Waals surface area contributed by atoms with E-state index in [9.17, 15) is 0 Å². The summed E-state index contributed by atoms with van der Waals surface area (Å²) in [5.74, 6) is 0. The van der Waals surface area contributed by atoms with Crippen LogP contribution in [0.5, 0.6) is 0 Å². The van der Waals surface area contributed by atoms with Gasteiger partial charge in [0, 0.05) is 0 Å². The summed E-state index contributed by atoms with van der Waals surface area (Å²) in [6, 6.07) is 16.9. The number of benzene rings is 2. The molecule has 0 spiro atoms. The minimum absolute atomic E-state index is 0. The van der Waals surface area contributed by atoms with Crippen molar-refractivity contribution in [3.8, 4) is 22.5 Å². The van der Waals surface area contributed by atoms with Gasteiger partial charge in [0.15, 0.2) is 0 Å². The molecule has 0 fully saturated rings. The van der Waals surface area contributed by atoms with E-state index in [1.807, 2.05) is 24.5 Å². The van der Waals surface area contributed by atoms with Gasteiger partial charge in [-0.1, -0.05) is 59.7 Å². The molecule has 2 aromatic heterocycles. The Kier molecular flexibility index (Phi) is 16.0. The van der Waals surface area contributed by atoms with Gasteiger partial charge >= 0.3 is 21.7 Å². The van der Waals surface area contributed by atoms with Gasteiger partial charge in [-0.25, -0.2) is 0 Å². The van der Waals surface area contributed by atoms with Gasteiger partial charge in [0.2, 0.25) is 0 Å². The Morgan fingerprint density at radius 2 is 0.771 bits per heavy atom. The first-order chi connectivity index (χ1) is 16.2. The van der Waals surface area contributed by atoms with Crippen molar-refractivity contribution >= 4 is 0 Å². The molecule has 0 amide bonds. The van der Waals surface area contributed by atoms with Crippen LogP contribution in [0.2, 0.25) is 0 Å². The third kappa shape index (κ3) is 10.4. The van der Waals surface area contributed by atoms with Crippen LogP contribution in [0.3, 0.4) is 0 Å². The van der Waals surface area contributed by atoms with E-state index in [1.165, 1.54) is 44.5 Å². The fourth-order valence-corrected chi connectivity index (χ4v) is 4.06. The average Bonchev–Trinajstić information content (AvgIpc) is 3.43. The largest absolute Gasteiger partial charge is 4.00 e. The van der Waals surface area contributed by atoms with Crippen LogP contribution < -0.4 is 9.97 Å². The predicted octanol–water partition coefficient (Wildman–Crippen LogP) is 7.71. The predicted molar refractivity (Wildman–Crippen MR) is 149 cm³/mol. The molecule has 0 saturated carbocycles. The first-order valence-corrected chi connectivity index (χ1v) is 11.5. The van der Waals surface area contributed by atoms with Gasteiger partial charge in [-0.2, -0.15) is 40.6 Å². The standard InChI is InChI=1S/2C13H14N.2C2H6N.Ti/c2*1-9-7-10(2)13(11(3)8-9)12-5-4-6-14-12;2*1-3-2;/h2*4-8H,1-3H3;2*1-2H3;/q4*-1;+4. The molecule has 0 atom stereocenters. The first-order valence-electron chi connectivity index (χ1n) is 11.5. The topological polar surface area (TPSA) is 56.4 Å². The van der Waals surface area contributed by atoms with Gasteiger partial charge in [-0.3, -0.25) is 0 Å². The summed E-state index contributed by atoms with van der Waals surface area (Å²) in [6.07, 6.45) is 3.68. The summed E-state index contributed by atoms with van der Waals surface area (Å²) in [5, 5.41) is 7.00. The fraction of sp³-hybridized carbons (Fsp3) is 0.333. The normalized spacial score (nSPS) is 9.43. The zero-order valence-electron chi connectivity index (χ0n) is 23.1. The molecular formula is C30H40N4Ti. The molecule has 0 aliphatic carbocycles. The molecule has 0 saturated heterocycles. The molecule has 0 aliphatic heterocycles. The fourth-order valence-electron chi connectivity index (χ4n) is 4.06. The molecule has 0 bridgehead atoms. The van der Waals surface area contributed by atoms with E-state index in [1.54, 1.807) is 28.2 Å². The minimum atomic E-state index is 0. The van der Waals surface area contributed by atoms with Gasteiger partial charge < -0.3 is 20.6 Å². The van der Waals surface area contributed by atoms with Crippen LogP contribution in [0.4, 0.5) is 0 Å². The second-order valence-electron chi connectivity index (χ2n) is 8.49. The molecule has 0 unspecified atom stereocenters. The van der Waals surface area contributed by atoms with Gasteiger partial charge in [0.25, 0.3) is 0 Å². The van der Waals surface area contributed by atoms with Crippen molar-refractivity contribution in [3.05, 3.63) is 105 Å². The van der Waals surface area contributed by atoms with Crippen LogP contribution in [-0.4, -0.2) is 28.2 Å². The first kappa shape index (κ1) is 32.6. The third-order valence-corrected chi connectivity index (χ3v) is 4.97. The average molecular weight is 505 g/mol. The Morgan fingerprint density at radius 3 is 0.971 bits per heavy atom. The Morgan fingerprint density at radius 1 is 0.514 bits per heavy atom. The summed E-state index contributed by atoms with van der Waals surface area (Å²) < 4.78 is 0. The molecule has 4 aromatic rings. The van der Waals surface area contributed by atoms with Crippen molar-refractivity contribution in [1.82, 2.24) is 9.97 Å². The zero-order valence-corrected chi connectivity index (χ0v) is 24.6. The molecule has 0 radical (unpaired) electrons. The molecule has 35 heavy (non-hydrogen) atoms. The number of hydrogen-bond acceptors (Lipinski definition) is 0. The Hall–Kier alpha value is -2.37. The van der Waals surface area contributed by atoms with Crippen molar-refractivity contribution < 1.29 is 21.7 Å². The SMILES string of the molecule is C[N-]C.C[N-]C.Cc1cc(C)c(-c2ccc[n-]2)c(C)c1.Cc1cc(C)c(-c2ccc[n-]2)c(C)c1.[Ti+4]. The summed E-state index contributed by atoms with van der Waals surface area (Å²) in [7, 11) is 7.00. The molecule has 184 valence electrons. The van der Waals surface area contributed by atoms with Gasteiger partial charge in [0.1, 0.15) is 0 Å². The van der Waals surface area contributed by atoms with Crippen LogP contribution in [0.1, 0.15) is 33.4 Å². The second-order valence-corrected chi connectivity index (χ2v) is 8.49. The molecule has 5 heteroatoms. The number of aromatic nitrogens is 2. The molecule has 4 rings (SSSR count). The number of hydrogen-bond donors (Lipinski definition) is 0. The van der Waals surface area contributed by atoms with E-state index in [0.29, 0.717) is 0 Å². The smallest absolute Gasteiger partial charge is 0.668 e. The van der Waals surface area contributed by atoms with E-state index in [-0.39, 0.29) is 21.7 Å². The number of aryl methyl sites for hydroxylation is 6. The van der Waals surface area contributed by atoms with E-state index in [4.69, 9.17) is 0 Å². The maximum absolute atomic E-state index is 4.34. The van der Waals surface area contributed by atoms with Gasteiger partial charge in [0.05, 0.1) is 0 Å². The van der Waals surface area contributed by atoms with Crippen LogP contribution in [-0.2, 0) is 21.7 Å². The molecule has 0 N–H and O–H groups in total. The number of rotatable bonds is 2. The molecule has 0 aliphatic rings. The number of nitrogens with zero attached hydrogens (tertiary/aromatic N) is 4. The van der Waals surface area contributed by atoms with E-state index in [0.717, 1.165) is 11.4 Å². The van der Waals surface area contributed by atoms with E-state index in [2.05, 4.69) is 98.5 Å². The summed E-state index contributed by atoms with van der Waals surface area (Å²) in [5.41, 5.74) is 12.6. The Labute approximate surface area is 228 Å². The third-order valence-electron chi connectivity index (χ3n) is 4.97. The van der Waals surface area contributed by atoms with Crippen molar-refractivity contribution in [2.75, 3.05) is 28.2 Å². The minimum Gasteiger partial charge on any atom is -0.668 e. The van der Waals surface area contributed by atoms with Crippen LogP contribution in [0.15, 0.2) is 60.9 Å². The van der Waals surface area contributed by atoms with Gasteiger partial charge in [-0.05, 0) is 74.9 Å². The molecular weight excluding hydrogens is 464 g/mol. The quantitative estimate of drug-likeness (QED) is 0.263. The van der Waals surface area contributed by atoms with Crippen molar-refractivity contribution in [2.24, 2.45) is 0 Å². The van der Waals surface area contributed by atoms with E-state index < -0.39 is 0 Å². The van der Waals surface area contributed by atoms with E-state index >= 15 is 0 Å². The molecule has 2 heterocycles. The zero-order chi connectivity index (χ0) is 25.7. The summed E-state index contributed by atoms with van der Waals surface area (Å²) in [4.78, 5) is 8.68. The maximum atomic E-state index is 4.34. The van der Waals surface area contributed by atoms with Crippen LogP contribution >= 0.6 is 0 Å². The van der Waals surface area contributed by atoms with Crippen molar-refractivity contribution in [2.45, 2.75) is 41.5 Å². The van der Waals surface area contributed by atoms with Crippen molar-refractivity contribution in [3.63, 3.8) is 0 Å². The Balaban J connectivity index is 0.000000528. The van der Waals surface area contributed by atoms with Crippen molar-refractivity contribution in [1.29, 1.82) is 0 Å². The second kappa shape index (κ2) is 17.1. The van der Waals surface area contributed by atoms with Gasteiger partial charge in [-0.15, -0.1) is 11.4 Å². The summed E-state index contributed by atoms with van der Waals surface area (Å²) >= 11 is 0. The molecule has 2 aromatic carbocycles. The van der Waals surface area contributed by atoms with Crippen LogP contribution in [0.25, 0.3) is 33.1 Å². The Bertz CT molecular complexity index is 962. The summed E-state index contributed by atoms with van der Waals surface area (Å²) in [6.45, 7) is 12.8. The monoisotopic (exact) mass is 504 g/mol.